The molecular weight excluding hydrogens is 564 g/mol. The average Bonchev–Trinajstić information content (AvgIpc) is 3.04. The Hall–Kier alpha value is -5.68. The highest BCUT2D eigenvalue weighted by Gasteiger charge is 2.16. The lowest BCUT2D eigenvalue weighted by atomic mass is 10.1. The molecule has 1 amide bonds. The summed E-state index contributed by atoms with van der Waals surface area (Å²) in [4.78, 5) is 33.8. The number of ether oxygens (including phenoxy) is 2. The lowest BCUT2D eigenvalue weighted by Crippen LogP contribution is -2.16. The van der Waals surface area contributed by atoms with Crippen molar-refractivity contribution in [1.82, 2.24) is 0 Å². The first-order valence-electron chi connectivity index (χ1n) is 13.5. The molecule has 5 aromatic carbocycles. The van der Waals surface area contributed by atoms with Gasteiger partial charge in [0, 0.05) is 5.69 Å². The summed E-state index contributed by atoms with van der Waals surface area (Å²) in [6, 6.07) is 34.7. The minimum atomic E-state index is -1.17. The molecule has 0 spiro atoms. The summed E-state index contributed by atoms with van der Waals surface area (Å²) >= 11 is 0. The molecule has 5 aromatic rings. The van der Waals surface area contributed by atoms with Crippen LogP contribution in [0.1, 0.15) is 31.8 Å². The number of nitrogens with one attached hydrogen (secondary N) is 2. The van der Waals surface area contributed by atoms with Crippen LogP contribution in [0.25, 0.3) is 0 Å². The van der Waals surface area contributed by atoms with Gasteiger partial charge in [0.2, 0.25) is 0 Å². The van der Waals surface area contributed by atoms with Crippen LogP contribution in [-0.4, -0.2) is 22.2 Å². The number of benzene rings is 5. The third kappa shape index (κ3) is 7.99. The Morgan fingerprint density at radius 1 is 0.568 bits per heavy atom. The van der Waals surface area contributed by atoms with E-state index in [-0.39, 0.29) is 24.3 Å². The number of rotatable bonds is 13. The van der Waals surface area contributed by atoms with Gasteiger partial charge < -0.3 is 19.9 Å². The number of amides is 1. The van der Waals surface area contributed by atoms with Gasteiger partial charge in [0.1, 0.15) is 29.6 Å². The Morgan fingerprint density at radius 3 is 1.55 bits per heavy atom. The van der Waals surface area contributed by atoms with Crippen molar-refractivity contribution in [3.63, 3.8) is 0 Å². The Balaban J connectivity index is 1.10. The molecule has 0 aromatic heterocycles. The average molecular weight is 593 g/mol. The number of carboxylic acids is 1. The number of carbonyl (C=O) groups is 2. The van der Waals surface area contributed by atoms with E-state index in [1.807, 2.05) is 48.5 Å². The Morgan fingerprint density at radius 2 is 1.02 bits per heavy atom. The van der Waals surface area contributed by atoms with Crippen LogP contribution in [0.5, 0.6) is 23.0 Å². The van der Waals surface area contributed by atoms with E-state index < -0.39 is 11.9 Å². The summed E-state index contributed by atoms with van der Waals surface area (Å²) in [6.07, 6.45) is 0. The largest absolute Gasteiger partial charge is 0.478 e. The van der Waals surface area contributed by atoms with Gasteiger partial charge in [0.25, 0.3) is 5.91 Å². The molecule has 0 aliphatic carbocycles. The maximum Gasteiger partial charge on any atom is 0.336 e. The van der Waals surface area contributed by atoms with Crippen molar-refractivity contribution in [3.05, 3.63) is 144 Å². The highest BCUT2D eigenvalue weighted by Crippen LogP contribution is 2.28. The van der Waals surface area contributed by atoms with E-state index in [0.717, 1.165) is 16.8 Å². The Bertz CT molecular complexity index is 1710. The predicted octanol–water partition coefficient (Wildman–Crippen LogP) is 7.76. The molecule has 10 nitrogen and oxygen atoms in total. The molecule has 5 rings (SSSR count). The van der Waals surface area contributed by atoms with E-state index in [4.69, 9.17) is 19.6 Å². The van der Waals surface area contributed by atoms with Crippen molar-refractivity contribution >= 4 is 23.3 Å². The zero-order valence-corrected chi connectivity index (χ0v) is 23.3. The van der Waals surface area contributed by atoms with Gasteiger partial charge in [-0.05, 0) is 96.1 Å². The molecule has 0 saturated carbocycles. The third-order valence-electron chi connectivity index (χ3n) is 6.42. The minimum absolute atomic E-state index is 0.0681. The first kappa shape index (κ1) is 29.8. The van der Waals surface area contributed by atoms with Gasteiger partial charge in [-0.15, -0.1) is 0 Å². The minimum Gasteiger partial charge on any atom is -0.478 e. The third-order valence-corrected chi connectivity index (χ3v) is 6.42. The lowest BCUT2D eigenvalue weighted by Gasteiger charge is -2.11. The molecule has 0 radical (unpaired) electrons. The summed E-state index contributed by atoms with van der Waals surface area (Å²) in [5, 5.41) is 20.8. The van der Waals surface area contributed by atoms with Gasteiger partial charge in [-0.3, -0.25) is 20.4 Å². The summed E-state index contributed by atoms with van der Waals surface area (Å²) in [5.41, 5.74) is 5.87. The molecule has 0 unspecified atom stereocenters. The molecule has 10 heteroatoms. The van der Waals surface area contributed by atoms with Crippen molar-refractivity contribution in [3.8, 4) is 23.0 Å². The van der Waals surface area contributed by atoms with Crippen molar-refractivity contribution in [2.75, 3.05) is 10.8 Å². The number of hydrogen-bond donors (Lipinski definition) is 4. The molecule has 222 valence electrons. The number of carboxylic acid groups (broad SMARTS) is 1. The fraction of sp³-hybridized carbons (Fsp3) is 0.0588. The van der Waals surface area contributed by atoms with Crippen molar-refractivity contribution in [1.29, 1.82) is 0 Å². The molecule has 0 aliphatic heterocycles. The second-order valence-electron chi connectivity index (χ2n) is 9.46. The molecular formula is C34H28N2O8. The van der Waals surface area contributed by atoms with Gasteiger partial charge in [0.15, 0.2) is 0 Å². The standard InChI is InChI=1S/C34H28N2O8/c37-33(31-7-3-4-8-32(31)34(38)39)35-25-9-13-27(14-10-25)43-29-17-19-30(20-18-29)44-28-15-11-26(12-16-28)36-41-21-23-5-1-2-6-24(23)22-42-40/h1-20,36,40H,21-22H2,(H,35,37)(H,38,39). The van der Waals surface area contributed by atoms with Gasteiger partial charge in [0.05, 0.1) is 23.4 Å². The number of aromatic carboxylic acids is 1. The normalized spacial score (nSPS) is 10.6. The van der Waals surface area contributed by atoms with Crippen LogP contribution in [0.2, 0.25) is 0 Å². The van der Waals surface area contributed by atoms with E-state index >= 15 is 0 Å². The van der Waals surface area contributed by atoms with Crippen LogP contribution >= 0.6 is 0 Å². The Kier molecular flexibility index (Phi) is 9.80. The van der Waals surface area contributed by atoms with E-state index in [2.05, 4.69) is 15.7 Å². The van der Waals surface area contributed by atoms with Crippen molar-refractivity contribution in [2.45, 2.75) is 13.2 Å². The summed E-state index contributed by atoms with van der Waals surface area (Å²) in [6.45, 7) is 0.373. The zero-order chi connectivity index (χ0) is 30.7. The number of anilines is 2. The Labute approximate surface area is 252 Å². The van der Waals surface area contributed by atoms with Crippen molar-refractivity contribution in [2.24, 2.45) is 0 Å². The second-order valence-corrected chi connectivity index (χ2v) is 9.46. The number of hydrogen-bond acceptors (Lipinski definition) is 8. The fourth-order valence-corrected chi connectivity index (χ4v) is 4.22. The predicted molar refractivity (Wildman–Crippen MR) is 163 cm³/mol. The molecule has 0 atom stereocenters. The fourth-order valence-electron chi connectivity index (χ4n) is 4.22. The lowest BCUT2D eigenvalue weighted by molar-refractivity contribution is -0.253. The SMILES string of the molecule is O=C(O)c1ccccc1C(=O)Nc1ccc(Oc2ccc(Oc3ccc(NOCc4ccccc4COO)cc3)cc2)cc1. The molecule has 0 saturated heterocycles. The first-order chi connectivity index (χ1) is 21.5. The van der Waals surface area contributed by atoms with E-state index in [9.17, 15) is 14.7 Å². The van der Waals surface area contributed by atoms with Gasteiger partial charge in [-0.2, -0.15) is 0 Å². The molecule has 4 N–H and O–H groups in total. The topological polar surface area (TPSA) is 136 Å². The summed E-state index contributed by atoms with van der Waals surface area (Å²) in [5.74, 6) is 0.721. The maximum atomic E-state index is 12.6. The molecule has 0 bridgehead atoms. The van der Waals surface area contributed by atoms with Crippen LogP contribution in [0, 0.1) is 0 Å². The number of carbonyl (C=O) groups excluding carboxylic acids is 1. The van der Waals surface area contributed by atoms with E-state index in [1.54, 1.807) is 60.7 Å². The van der Waals surface area contributed by atoms with Gasteiger partial charge in [-0.1, -0.05) is 36.4 Å². The first-order valence-corrected chi connectivity index (χ1v) is 13.5. The monoisotopic (exact) mass is 592 g/mol. The van der Waals surface area contributed by atoms with E-state index in [0.29, 0.717) is 28.7 Å². The van der Waals surface area contributed by atoms with Crippen LogP contribution in [0.4, 0.5) is 11.4 Å². The van der Waals surface area contributed by atoms with Gasteiger partial charge >= 0.3 is 5.97 Å². The summed E-state index contributed by atoms with van der Waals surface area (Å²) < 4.78 is 11.8. The molecule has 0 fully saturated rings. The molecule has 0 aliphatic rings. The van der Waals surface area contributed by atoms with E-state index in [1.165, 1.54) is 12.1 Å². The van der Waals surface area contributed by atoms with Crippen LogP contribution < -0.4 is 20.3 Å². The molecule has 0 heterocycles. The highest BCUT2D eigenvalue weighted by molar-refractivity contribution is 6.10. The van der Waals surface area contributed by atoms with Crippen LogP contribution in [0.15, 0.2) is 121 Å². The molecule has 44 heavy (non-hydrogen) atoms. The zero-order valence-electron chi connectivity index (χ0n) is 23.3. The smallest absolute Gasteiger partial charge is 0.336 e. The van der Waals surface area contributed by atoms with Crippen LogP contribution in [0.3, 0.4) is 0 Å². The van der Waals surface area contributed by atoms with Crippen LogP contribution in [-0.2, 0) is 22.9 Å². The van der Waals surface area contributed by atoms with Gasteiger partial charge in [-0.25, -0.2) is 9.68 Å². The van der Waals surface area contributed by atoms with Crippen molar-refractivity contribution < 1.29 is 39.2 Å². The maximum absolute atomic E-state index is 12.6. The highest BCUT2D eigenvalue weighted by atomic mass is 17.1. The second kappa shape index (κ2) is 14.5. The quantitative estimate of drug-likeness (QED) is 0.0799. The summed E-state index contributed by atoms with van der Waals surface area (Å²) in [7, 11) is 0.